The van der Waals surface area contributed by atoms with Gasteiger partial charge in [-0.25, -0.2) is 9.78 Å². The Kier molecular flexibility index (Phi) is 10.6. The average Bonchev–Trinajstić information content (AvgIpc) is 3.33. The Labute approximate surface area is 213 Å². The molecule has 0 spiro atoms. The van der Waals surface area contributed by atoms with E-state index in [4.69, 9.17) is 5.73 Å². The minimum Gasteiger partial charge on any atom is -0.508 e. The van der Waals surface area contributed by atoms with Gasteiger partial charge in [-0.3, -0.25) is 14.4 Å². The molecule has 0 aliphatic heterocycles. The lowest BCUT2D eigenvalue weighted by Crippen LogP contribution is -2.61. The van der Waals surface area contributed by atoms with Gasteiger partial charge in [0.25, 0.3) is 0 Å². The second kappa shape index (κ2) is 13.4. The van der Waals surface area contributed by atoms with Crippen molar-refractivity contribution >= 4 is 23.7 Å². The number of aromatic hydroxyl groups is 1. The summed E-state index contributed by atoms with van der Waals surface area (Å²) in [5, 5.41) is 36.5. The number of carbonyl (C=O) groups excluding carboxylic acids is 3. The molecule has 3 amide bonds. The number of aromatic amines is 1. The number of carboxylic acid groups (broad SMARTS) is 1. The van der Waals surface area contributed by atoms with E-state index in [1.54, 1.807) is 13.8 Å². The summed E-state index contributed by atoms with van der Waals surface area (Å²) in [5.74, 6) is -4.00. The number of nitrogens with one attached hydrogen (secondary N) is 4. The largest absolute Gasteiger partial charge is 0.508 e. The van der Waals surface area contributed by atoms with Gasteiger partial charge in [0.15, 0.2) is 0 Å². The molecule has 37 heavy (non-hydrogen) atoms. The lowest BCUT2D eigenvalue weighted by molar-refractivity contribution is -0.142. The zero-order valence-electron chi connectivity index (χ0n) is 20.8. The van der Waals surface area contributed by atoms with E-state index in [0.717, 1.165) is 0 Å². The molecule has 9 N–H and O–H groups in total. The molecule has 1 aromatic carbocycles. The molecule has 0 aliphatic carbocycles. The third kappa shape index (κ3) is 8.88. The number of rotatable bonds is 13. The van der Waals surface area contributed by atoms with Gasteiger partial charge in [0.05, 0.1) is 18.5 Å². The Morgan fingerprint density at radius 2 is 1.54 bits per heavy atom. The molecule has 2 rings (SSSR count). The maximum Gasteiger partial charge on any atom is 0.326 e. The molecular formula is C24H34N6O7. The maximum atomic E-state index is 13.0. The highest BCUT2D eigenvalue weighted by Gasteiger charge is 2.33. The number of phenols is 1. The molecule has 0 saturated carbocycles. The van der Waals surface area contributed by atoms with Crippen LogP contribution < -0.4 is 21.7 Å². The number of carbonyl (C=O) groups is 4. The Morgan fingerprint density at radius 3 is 2.05 bits per heavy atom. The average molecular weight is 519 g/mol. The van der Waals surface area contributed by atoms with Gasteiger partial charge in [-0.15, -0.1) is 0 Å². The monoisotopic (exact) mass is 518 g/mol. The smallest absolute Gasteiger partial charge is 0.326 e. The summed E-state index contributed by atoms with van der Waals surface area (Å²) >= 11 is 0. The fourth-order valence-corrected chi connectivity index (χ4v) is 3.50. The van der Waals surface area contributed by atoms with Crippen LogP contribution in [0.1, 0.15) is 32.0 Å². The number of amides is 3. The van der Waals surface area contributed by atoms with E-state index >= 15 is 0 Å². The standard InChI is InChI=1S/C24H34N6O7/c1-12(2)19(22(34)28-18(24(36)37)8-14-4-6-16(32)7-5-14)29-23(35)20(13(3)31)30-21(33)17(25)9-15-10-26-11-27-15/h4-7,10-13,17-20,31-32H,8-9,25H2,1-3H3,(H,26,27)(H,28,34)(H,29,35)(H,30,33)(H,36,37). The van der Waals surface area contributed by atoms with Gasteiger partial charge >= 0.3 is 5.97 Å². The van der Waals surface area contributed by atoms with E-state index in [9.17, 15) is 34.5 Å². The van der Waals surface area contributed by atoms with Crippen molar-refractivity contribution in [2.45, 2.75) is 63.9 Å². The van der Waals surface area contributed by atoms with Crippen molar-refractivity contribution in [1.82, 2.24) is 25.9 Å². The number of hydrogen-bond acceptors (Lipinski definition) is 8. The van der Waals surface area contributed by atoms with Crippen LogP contribution in [0.3, 0.4) is 0 Å². The lowest BCUT2D eigenvalue weighted by Gasteiger charge is -2.28. The SMILES string of the molecule is CC(C)C(NC(=O)C(NC(=O)C(N)Cc1cnc[nH]1)C(C)O)C(=O)NC(Cc1ccc(O)cc1)C(=O)O. The van der Waals surface area contributed by atoms with Crippen molar-refractivity contribution in [2.75, 3.05) is 0 Å². The molecule has 0 saturated heterocycles. The minimum atomic E-state index is -1.42. The zero-order valence-corrected chi connectivity index (χ0v) is 20.8. The molecule has 2 aromatic rings. The number of aliphatic hydroxyl groups excluding tert-OH is 1. The molecule has 0 radical (unpaired) electrons. The first kappa shape index (κ1) is 29.3. The quantitative estimate of drug-likeness (QED) is 0.159. The number of H-pyrrole nitrogens is 1. The molecule has 0 aliphatic rings. The van der Waals surface area contributed by atoms with Gasteiger partial charge in [0, 0.05) is 24.7 Å². The molecule has 202 valence electrons. The minimum absolute atomic E-state index is 0.0178. The van der Waals surface area contributed by atoms with E-state index in [0.29, 0.717) is 11.3 Å². The van der Waals surface area contributed by atoms with Crippen LogP contribution in [0.2, 0.25) is 0 Å². The lowest BCUT2D eigenvalue weighted by atomic mass is 10.00. The van der Waals surface area contributed by atoms with Crippen molar-refractivity contribution in [3.8, 4) is 5.75 Å². The predicted octanol–water partition coefficient (Wildman–Crippen LogP) is -1.20. The normalized spacial score (nSPS) is 15.2. The van der Waals surface area contributed by atoms with E-state index in [1.807, 2.05) is 0 Å². The summed E-state index contributed by atoms with van der Waals surface area (Å²) in [7, 11) is 0. The summed E-state index contributed by atoms with van der Waals surface area (Å²) in [6, 6.07) is 0.959. The molecule has 5 unspecified atom stereocenters. The third-order valence-electron chi connectivity index (χ3n) is 5.63. The Balaban J connectivity index is 2.07. The highest BCUT2D eigenvalue weighted by Crippen LogP contribution is 2.12. The van der Waals surface area contributed by atoms with E-state index < -0.39 is 59.9 Å². The number of imidazole rings is 1. The van der Waals surface area contributed by atoms with Crippen molar-refractivity contribution < 1.29 is 34.5 Å². The predicted molar refractivity (Wildman–Crippen MR) is 132 cm³/mol. The summed E-state index contributed by atoms with van der Waals surface area (Å²) < 4.78 is 0. The number of nitrogens with zero attached hydrogens (tertiary/aromatic N) is 1. The third-order valence-corrected chi connectivity index (χ3v) is 5.63. The number of carboxylic acids is 1. The number of aliphatic carboxylic acids is 1. The highest BCUT2D eigenvalue weighted by molar-refractivity contribution is 5.94. The fourth-order valence-electron chi connectivity index (χ4n) is 3.50. The van der Waals surface area contributed by atoms with Gasteiger partial charge in [0.2, 0.25) is 17.7 Å². The van der Waals surface area contributed by atoms with Gasteiger partial charge < -0.3 is 42.0 Å². The van der Waals surface area contributed by atoms with Gasteiger partial charge in [0.1, 0.15) is 23.9 Å². The second-order valence-electron chi connectivity index (χ2n) is 9.11. The maximum absolute atomic E-state index is 13.0. The van der Waals surface area contributed by atoms with Crippen LogP contribution in [0.15, 0.2) is 36.8 Å². The van der Waals surface area contributed by atoms with Crippen LogP contribution in [-0.4, -0.2) is 79.2 Å². The molecule has 13 heteroatoms. The fraction of sp³-hybridized carbons (Fsp3) is 0.458. The first-order valence-electron chi connectivity index (χ1n) is 11.7. The molecular weight excluding hydrogens is 484 g/mol. The highest BCUT2D eigenvalue weighted by atomic mass is 16.4. The van der Waals surface area contributed by atoms with Crippen molar-refractivity contribution in [1.29, 1.82) is 0 Å². The van der Waals surface area contributed by atoms with Crippen LogP contribution in [-0.2, 0) is 32.0 Å². The van der Waals surface area contributed by atoms with Gasteiger partial charge in [-0.1, -0.05) is 26.0 Å². The van der Waals surface area contributed by atoms with Crippen LogP contribution >= 0.6 is 0 Å². The van der Waals surface area contributed by atoms with Crippen molar-refractivity contribution in [3.05, 3.63) is 48.0 Å². The topological polar surface area (TPSA) is 220 Å². The molecule has 1 aromatic heterocycles. The first-order valence-corrected chi connectivity index (χ1v) is 11.7. The van der Waals surface area contributed by atoms with Crippen LogP contribution in [0.4, 0.5) is 0 Å². The zero-order chi connectivity index (χ0) is 27.7. The Bertz CT molecular complexity index is 1060. The molecule has 0 bridgehead atoms. The van der Waals surface area contributed by atoms with Crippen molar-refractivity contribution in [3.63, 3.8) is 0 Å². The number of nitrogens with two attached hydrogens (primary N) is 1. The van der Waals surface area contributed by atoms with E-state index in [-0.39, 0.29) is 18.6 Å². The number of benzene rings is 1. The number of aromatic nitrogens is 2. The van der Waals surface area contributed by atoms with E-state index in [2.05, 4.69) is 25.9 Å². The first-order chi connectivity index (χ1) is 17.4. The van der Waals surface area contributed by atoms with Gasteiger partial charge in [-0.05, 0) is 30.5 Å². The van der Waals surface area contributed by atoms with Crippen molar-refractivity contribution in [2.24, 2.45) is 11.7 Å². The van der Waals surface area contributed by atoms with Crippen LogP contribution in [0, 0.1) is 5.92 Å². The summed E-state index contributed by atoms with van der Waals surface area (Å²) in [6.45, 7) is 4.60. The molecule has 13 nitrogen and oxygen atoms in total. The number of phenolic OH excluding ortho intramolecular Hbond substituents is 1. The van der Waals surface area contributed by atoms with Gasteiger partial charge in [-0.2, -0.15) is 0 Å². The van der Waals surface area contributed by atoms with E-state index in [1.165, 1.54) is 43.7 Å². The Morgan fingerprint density at radius 1 is 0.946 bits per heavy atom. The number of aliphatic hydroxyl groups is 1. The van der Waals surface area contributed by atoms with Crippen LogP contribution in [0.25, 0.3) is 0 Å². The second-order valence-corrected chi connectivity index (χ2v) is 9.11. The number of hydrogen-bond donors (Lipinski definition) is 8. The Hall–Kier alpha value is -3.97. The summed E-state index contributed by atoms with van der Waals surface area (Å²) in [6.07, 6.45) is 1.68. The van der Waals surface area contributed by atoms with Crippen LogP contribution in [0.5, 0.6) is 5.75 Å². The molecule has 1 heterocycles. The summed E-state index contributed by atoms with van der Waals surface area (Å²) in [5.41, 5.74) is 7.08. The molecule has 5 atom stereocenters. The molecule has 0 fully saturated rings. The summed E-state index contributed by atoms with van der Waals surface area (Å²) in [4.78, 5) is 56.9.